The molecule has 0 spiro atoms. The van der Waals surface area contributed by atoms with Crippen molar-refractivity contribution in [3.63, 3.8) is 0 Å². The Labute approximate surface area is 105 Å². The number of hydrogen-bond acceptors (Lipinski definition) is 4. The zero-order valence-electron chi connectivity index (χ0n) is 10.8. The molecule has 2 rings (SSSR count). The maximum atomic E-state index is 5.73. The third-order valence-electron chi connectivity index (χ3n) is 3.72. The van der Waals surface area contributed by atoms with E-state index < -0.39 is 0 Å². The molecule has 4 heteroatoms. The van der Waals surface area contributed by atoms with Gasteiger partial charge >= 0.3 is 0 Å². The first-order valence-corrected chi connectivity index (χ1v) is 7.04. The van der Waals surface area contributed by atoms with Crippen LogP contribution in [-0.2, 0) is 9.47 Å². The van der Waals surface area contributed by atoms with Gasteiger partial charge in [0, 0.05) is 26.2 Å². The highest BCUT2D eigenvalue weighted by molar-refractivity contribution is 4.68. The number of nitrogens with one attached hydrogen (secondary N) is 1. The lowest BCUT2D eigenvalue weighted by Crippen LogP contribution is -2.38. The van der Waals surface area contributed by atoms with Gasteiger partial charge in [-0.25, -0.2) is 0 Å². The quantitative estimate of drug-likeness (QED) is 0.696. The molecule has 2 saturated heterocycles. The monoisotopic (exact) mass is 242 g/mol. The number of nitrogens with zero attached hydrogens (tertiary/aromatic N) is 1. The lowest BCUT2D eigenvalue weighted by Gasteiger charge is -2.26. The Morgan fingerprint density at radius 2 is 2.12 bits per heavy atom. The third kappa shape index (κ3) is 5.34. The molecular weight excluding hydrogens is 216 g/mol. The second-order valence-corrected chi connectivity index (χ2v) is 5.07. The Balaban J connectivity index is 1.42. The van der Waals surface area contributed by atoms with Gasteiger partial charge in [-0.1, -0.05) is 0 Å². The highest BCUT2D eigenvalue weighted by Crippen LogP contribution is 2.13. The number of rotatable bonds is 6. The van der Waals surface area contributed by atoms with Crippen molar-refractivity contribution in [3.05, 3.63) is 0 Å². The van der Waals surface area contributed by atoms with Crippen molar-refractivity contribution < 1.29 is 9.47 Å². The lowest BCUT2D eigenvalue weighted by molar-refractivity contribution is 0.0187. The molecule has 1 N–H and O–H groups in total. The van der Waals surface area contributed by atoms with E-state index in [4.69, 9.17) is 9.47 Å². The summed E-state index contributed by atoms with van der Waals surface area (Å²) in [5.74, 6) is 0.840. The average Bonchev–Trinajstić information content (AvgIpc) is 2.41. The van der Waals surface area contributed by atoms with E-state index in [1.807, 2.05) is 0 Å². The van der Waals surface area contributed by atoms with Crippen molar-refractivity contribution in [3.8, 4) is 0 Å². The van der Waals surface area contributed by atoms with Gasteiger partial charge in [0.1, 0.15) is 0 Å². The summed E-state index contributed by atoms with van der Waals surface area (Å²) in [5.41, 5.74) is 0. The van der Waals surface area contributed by atoms with Crippen LogP contribution in [0.25, 0.3) is 0 Å². The van der Waals surface area contributed by atoms with Crippen molar-refractivity contribution in [2.75, 3.05) is 59.2 Å². The molecule has 1 unspecified atom stereocenters. The third-order valence-corrected chi connectivity index (χ3v) is 3.72. The van der Waals surface area contributed by atoms with Crippen molar-refractivity contribution in [2.24, 2.45) is 5.92 Å². The molecule has 17 heavy (non-hydrogen) atoms. The van der Waals surface area contributed by atoms with E-state index in [0.717, 1.165) is 52.0 Å². The molecule has 1 atom stereocenters. The molecule has 0 aromatic heterocycles. The van der Waals surface area contributed by atoms with Gasteiger partial charge in [0.25, 0.3) is 0 Å². The maximum absolute atomic E-state index is 5.73. The first kappa shape index (κ1) is 13.3. The van der Waals surface area contributed by atoms with Crippen LogP contribution in [0.2, 0.25) is 0 Å². The standard InChI is InChI=1S/C13H26N2O2/c1-2-13(12-14-4-1)3-8-16-9-5-15-6-10-17-11-7-15/h13-14H,1-12H2. The van der Waals surface area contributed by atoms with E-state index in [-0.39, 0.29) is 0 Å². The first-order valence-electron chi connectivity index (χ1n) is 7.04. The summed E-state index contributed by atoms with van der Waals surface area (Å²) in [6.45, 7) is 9.15. The van der Waals surface area contributed by atoms with Gasteiger partial charge in [-0.15, -0.1) is 0 Å². The molecule has 2 fully saturated rings. The maximum Gasteiger partial charge on any atom is 0.0594 e. The van der Waals surface area contributed by atoms with Gasteiger partial charge in [-0.05, 0) is 38.3 Å². The summed E-state index contributed by atoms with van der Waals surface area (Å²) in [4.78, 5) is 2.42. The largest absolute Gasteiger partial charge is 0.380 e. The molecule has 0 saturated carbocycles. The van der Waals surface area contributed by atoms with Crippen LogP contribution in [0.1, 0.15) is 19.3 Å². The van der Waals surface area contributed by atoms with Gasteiger partial charge in [-0.3, -0.25) is 4.90 Å². The molecule has 100 valence electrons. The molecule has 2 aliphatic heterocycles. The number of piperidine rings is 1. The van der Waals surface area contributed by atoms with Crippen LogP contribution in [0.15, 0.2) is 0 Å². The minimum atomic E-state index is 0.840. The first-order chi connectivity index (χ1) is 8.45. The van der Waals surface area contributed by atoms with E-state index in [2.05, 4.69) is 10.2 Å². The summed E-state index contributed by atoms with van der Waals surface area (Å²) in [7, 11) is 0. The van der Waals surface area contributed by atoms with Crippen molar-refractivity contribution >= 4 is 0 Å². The predicted molar refractivity (Wildman–Crippen MR) is 68.3 cm³/mol. The van der Waals surface area contributed by atoms with Crippen LogP contribution in [0.3, 0.4) is 0 Å². The fourth-order valence-corrected chi connectivity index (χ4v) is 2.54. The van der Waals surface area contributed by atoms with E-state index in [1.54, 1.807) is 0 Å². The molecule has 2 heterocycles. The van der Waals surface area contributed by atoms with Crippen molar-refractivity contribution in [1.82, 2.24) is 10.2 Å². The fourth-order valence-electron chi connectivity index (χ4n) is 2.54. The van der Waals surface area contributed by atoms with Gasteiger partial charge < -0.3 is 14.8 Å². The number of morpholine rings is 1. The topological polar surface area (TPSA) is 33.7 Å². The summed E-state index contributed by atoms with van der Waals surface area (Å²) in [6, 6.07) is 0. The zero-order valence-corrected chi connectivity index (χ0v) is 10.8. The summed E-state index contributed by atoms with van der Waals surface area (Å²) >= 11 is 0. The Bertz CT molecular complexity index is 170. The normalized spacial score (nSPS) is 27.2. The molecule has 0 bridgehead atoms. The fraction of sp³-hybridized carbons (Fsp3) is 1.00. The summed E-state index contributed by atoms with van der Waals surface area (Å²) < 4.78 is 11.0. The number of hydrogen-bond donors (Lipinski definition) is 1. The summed E-state index contributed by atoms with van der Waals surface area (Å²) in [5, 5.41) is 3.45. The molecule has 0 aromatic carbocycles. The minimum Gasteiger partial charge on any atom is -0.380 e. The van der Waals surface area contributed by atoms with E-state index in [9.17, 15) is 0 Å². The van der Waals surface area contributed by atoms with E-state index >= 15 is 0 Å². The average molecular weight is 242 g/mol. The molecule has 4 nitrogen and oxygen atoms in total. The van der Waals surface area contributed by atoms with Gasteiger partial charge in [0.2, 0.25) is 0 Å². The van der Waals surface area contributed by atoms with Crippen LogP contribution < -0.4 is 5.32 Å². The van der Waals surface area contributed by atoms with E-state index in [1.165, 1.54) is 32.4 Å². The van der Waals surface area contributed by atoms with Gasteiger partial charge in [0.05, 0.1) is 19.8 Å². The lowest BCUT2D eigenvalue weighted by atomic mass is 9.97. The molecule has 2 aliphatic rings. The molecular formula is C13H26N2O2. The van der Waals surface area contributed by atoms with Crippen molar-refractivity contribution in [1.29, 1.82) is 0 Å². The Morgan fingerprint density at radius 1 is 1.24 bits per heavy atom. The van der Waals surface area contributed by atoms with E-state index in [0.29, 0.717) is 0 Å². The van der Waals surface area contributed by atoms with Gasteiger partial charge in [-0.2, -0.15) is 0 Å². The Hall–Kier alpha value is -0.160. The smallest absolute Gasteiger partial charge is 0.0594 e. The number of ether oxygens (including phenoxy) is 2. The van der Waals surface area contributed by atoms with Crippen LogP contribution in [0.5, 0.6) is 0 Å². The predicted octanol–water partition coefficient (Wildman–Crippen LogP) is 0.725. The second-order valence-electron chi connectivity index (χ2n) is 5.07. The Kier molecular flexibility index (Phi) is 6.27. The van der Waals surface area contributed by atoms with Gasteiger partial charge in [0.15, 0.2) is 0 Å². The van der Waals surface area contributed by atoms with Crippen molar-refractivity contribution in [2.45, 2.75) is 19.3 Å². The highest BCUT2D eigenvalue weighted by Gasteiger charge is 2.13. The van der Waals surface area contributed by atoms with Crippen LogP contribution in [-0.4, -0.2) is 64.1 Å². The SMILES string of the molecule is C1CNCC(CCOCCN2CCOCC2)C1. The van der Waals surface area contributed by atoms with Crippen LogP contribution >= 0.6 is 0 Å². The zero-order chi connectivity index (χ0) is 11.8. The Morgan fingerprint density at radius 3 is 2.88 bits per heavy atom. The van der Waals surface area contributed by atoms with Crippen LogP contribution in [0.4, 0.5) is 0 Å². The molecule has 0 radical (unpaired) electrons. The molecule has 0 aromatic rings. The summed E-state index contributed by atoms with van der Waals surface area (Å²) in [6.07, 6.45) is 3.92. The molecule has 0 amide bonds. The second kappa shape index (κ2) is 8.03. The minimum absolute atomic E-state index is 0.840. The molecule has 0 aliphatic carbocycles. The highest BCUT2D eigenvalue weighted by atomic mass is 16.5. The van der Waals surface area contributed by atoms with Crippen LogP contribution in [0, 0.1) is 5.92 Å².